The second kappa shape index (κ2) is 5.39. The van der Waals surface area contributed by atoms with Crippen LogP contribution in [0, 0.1) is 6.92 Å². The van der Waals surface area contributed by atoms with Crippen LogP contribution in [0.15, 0.2) is 18.2 Å². The Labute approximate surface area is 89.7 Å². The summed E-state index contributed by atoms with van der Waals surface area (Å²) in [6, 6.07) is 5.52. The van der Waals surface area contributed by atoms with Gasteiger partial charge in [0, 0.05) is 0 Å². The maximum absolute atomic E-state index is 10.5. The molecule has 0 aromatic heterocycles. The molecule has 0 bridgehead atoms. The Hall–Kier alpha value is -1.51. The van der Waals surface area contributed by atoms with Gasteiger partial charge in [0.15, 0.2) is 0 Å². The predicted octanol–water partition coefficient (Wildman–Crippen LogP) is 2.41. The summed E-state index contributed by atoms with van der Waals surface area (Å²) in [4.78, 5) is 10.5. The Balaban J connectivity index is 2.74. The third-order valence-electron chi connectivity index (χ3n) is 2.13. The SMILES string of the molecule is CCCOc1ccc(CC(=O)O)c(C)c1. The molecule has 1 rings (SSSR count). The largest absolute Gasteiger partial charge is 0.494 e. The Morgan fingerprint density at radius 2 is 2.20 bits per heavy atom. The number of carboxylic acid groups (broad SMARTS) is 1. The van der Waals surface area contributed by atoms with Crippen LogP contribution in [0.25, 0.3) is 0 Å². The summed E-state index contributed by atoms with van der Waals surface area (Å²) in [5.41, 5.74) is 1.80. The molecular weight excluding hydrogens is 192 g/mol. The molecule has 0 fully saturated rings. The van der Waals surface area contributed by atoms with Gasteiger partial charge in [-0.15, -0.1) is 0 Å². The van der Waals surface area contributed by atoms with Gasteiger partial charge in [0.05, 0.1) is 13.0 Å². The molecule has 0 heterocycles. The van der Waals surface area contributed by atoms with Crippen molar-refractivity contribution in [2.75, 3.05) is 6.61 Å². The van der Waals surface area contributed by atoms with Gasteiger partial charge in [0.1, 0.15) is 5.75 Å². The maximum Gasteiger partial charge on any atom is 0.307 e. The van der Waals surface area contributed by atoms with Gasteiger partial charge < -0.3 is 9.84 Å². The fourth-order valence-electron chi connectivity index (χ4n) is 1.34. The van der Waals surface area contributed by atoms with E-state index in [-0.39, 0.29) is 6.42 Å². The summed E-state index contributed by atoms with van der Waals surface area (Å²) in [5.74, 6) is 0.00353. The van der Waals surface area contributed by atoms with E-state index in [2.05, 4.69) is 0 Å². The molecule has 0 atom stereocenters. The average molecular weight is 208 g/mol. The Bertz CT molecular complexity index is 345. The summed E-state index contributed by atoms with van der Waals surface area (Å²) in [7, 11) is 0. The van der Waals surface area contributed by atoms with Crippen LogP contribution in [0.2, 0.25) is 0 Å². The van der Waals surface area contributed by atoms with Crippen LogP contribution in [0.5, 0.6) is 5.75 Å². The lowest BCUT2D eigenvalue weighted by Gasteiger charge is -2.08. The highest BCUT2D eigenvalue weighted by atomic mass is 16.5. The molecule has 82 valence electrons. The minimum atomic E-state index is -0.805. The van der Waals surface area contributed by atoms with Crippen molar-refractivity contribution in [1.82, 2.24) is 0 Å². The van der Waals surface area contributed by atoms with E-state index in [9.17, 15) is 4.79 Å². The van der Waals surface area contributed by atoms with Crippen molar-refractivity contribution in [3.8, 4) is 5.75 Å². The van der Waals surface area contributed by atoms with Crippen LogP contribution < -0.4 is 4.74 Å². The number of aryl methyl sites for hydroxylation is 1. The molecule has 0 saturated carbocycles. The Kier molecular flexibility index (Phi) is 4.16. The second-order valence-electron chi connectivity index (χ2n) is 3.51. The number of ether oxygens (including phenoxy) is 1. The zero-order valence-corrected chi connectivity index (χ0v) is 9.12. The topological polar surface area (TPSA) is 46.5 Å². The summed E-state index contributed by atoms with van der Waals surface area (Å²) in [6.45, 7) is 4.64. The molecular formula is C12H16O3. The van der Waals surface area contributed by atoms with Gasteiger partial charge in [-0.25, -0.2) is 0 Å². The lowest BCUT2D eigenvalue weighted by molar-refractivity contribution is -0.136. The van der Waals surface area contributed by atoms with Crippen molar-refractivity contribution >= 4 is 5.97 Å². The highest BCUT2D eigenvalue weighted by Gasteiger charge is 2.04. The van der Waals surface area contributed by atoms with Gasteiger partial charge in [-0.3, -0.25) is 4.79 Å². The first-order valence-electron chi connectivity index (χ1n) is 5.07. The molecule has 0 aliphatic heterocycles. The minimum Gasteiger partial charge on any atom is -0.494 e. The minimum absolute atomic E-state index is 0.0693. The fourth-order valence-corrected chi connectivity index (χ4v) is 1.34. The summed E-state index contributed by atoms with van der Waals surface area (Å²) < 4.78 is 5.45. The number of rotatable bonds is 5. The fraction of sp³-hybridized carbons (Fsp3) is 0.417. The van der Waals surface area contributed by atoms with E-state index in [0.29, 0.717) is 6.61 Å². The van der Waals surface area contributed by atoms with Gasteiger partial charge >= 0.3 is 5.97 Å². The maximum atomic E-state index is 10.5. The van der Waals surface area contributed by atoms with Crippen LogP contribution in [0.1, 0.15) is 24.5 Å². The molecule has 0 amide bonds. The van der Waals surface area contributed by atoms with E-state index in [1.54, 1.807) is 0 Å². The van der Waals surface area contributed by atoms with Crippen LogP contribution in [-0.4, -0.2) is 17.7 Å². The molecule has 0 radical (unpaired) electrons. The third kappa shape index (κ3) is 3.62. The standard InChI is InChI=1S/C12H16O3/c1-3-6-15-11-5-4-10(8-12(13)14)9(2)7-11/h4-5,7H,3,6,8H2,1-2H3,(H,13,14). The van der Waals surface area contributed by atoms with Crippen LogP contribution in [-0.2, 0) is 11.2 Å². The number of carbonyl (C=O) groups is 1. The molecule has 0 aliphatic carbocycles. The molecule has 3 heteroatoms. The smallest absolute Gasteiger partial charge is 0.307 e. The molecule has 1 aromatic carbocycles. The van der Waals surface area contributed by atoms with Crippen molar-refractivity contribution in [2.24, 2.45) is 0 Å². The van der Waals surface area contributed by atoms with Crippen LogP contribution in [0.3, 0.4) is 0 Å². The lowest BCUT2D eigenvalue weighted by Crippen LogP contribution is -2.02. The van der Waals surface area contributed by atoms with E-state index in [1.165, 1.54) is 0 Å². The molecule has 15 heavy (non-hydrogen) atoms. The molecule has 0 spiro atoms. The summed E-state index contributed by atoms with van der Waals surface area (Å²) >= 11 is 0. The van der Waals surface area contributed by atoms with Crippen LogP contribution >= 0.6 is 0 Å². The molecule has 3 nitrogen and oxygen atoms in total. The average Bonchev–Trinajstić information content (AvgIpc) is 2.18. The molecule has 1 N–H and O–H groups in total. The highest BCUT2D eigenvalue weighted by molar-refractivity contribution is 5.70. The predicted molar refractivity (Wildman–Crippen MR) is 58.3 cm³/mol. The number of hydrogen-bond acceptors (Lipinski definition) is 2. The lowest BCUT2D eigenvalue weighted by atomic mass is 10.1. The normalized spacial score (nSPS) is 10.0. The van der Waals surface area contributed by atoms with Gasteiger partial charge in [-0.1, -0.05) is 13.0 Å². The first-order chi connectivity index (χ1) is 7.13. The van der Waals surface area contributed by atoms with Crippen LogP contribution in [0.4, 0.5) is 0 Å². The van der Waals surface area contributed by atoms with E-state index in [0.717, 1.165) is 23.3 Å². The molecule has 0 unspecified atom stereocenters. The van der Waals surface area contributed by atoms with Gasteiger partial charge in [-0.2, -0.15) is 0 Å². The van der Waals surface area contributed by atoms with Gasteiger partial charge in [0.2, 0.25) is 0 Å². The first kappa shape index (κ1) is 11.6. The first-order valence-corrected chi connectivity index (χ1v) is 5.07. The number of carboxylic acids is 1. The van der Waals surface area contributed by atoms with E-state index in [1.807, 2.05) is 32.0 Å². The van der Waals surface area contributed by atoms with E-state index < -0.39 is 5.97 Å². The van der Waals surface area contributed by atoms with Gasteiger partial charge in [0.25, 0.3) is 0 Å². The Morgan fingerprint density at radius 1 is 1.47 bits per heavy atom. The summed E-state index contributed by atoms with van der Waals surface area (Å²) in [5, 5.41) is 8.67. The molecule has 0 saturated heterocycles. The van der Waals surface area contributed by atoms with E-state index >= 15 is 0 Å². The third-order valence-corrected chi connectivity index (χ3v) is 2.13. The second-order valence-corrected chi connectivity index (χ2v) is 3.51. The molecule has 1 aromatic rings. The Morgan fingerprint density at radius 3 is 2.73 bits per heavy atom. The monoisotopic (exact) mass is 208 g/mol. The quantitative estimate of drug-likeness (QED) is 0.808. The number of benzene rings is 1. The van der Waals surface area contributed by atoms with Gasteiger partial charge in [-0.05, 0) is 36.6 Å². The van der Waals surface area contributed by atoms with Crippen molar-refractivity contribution in [3.05, 3.63) is 29.3 Å². The zero-order valence-electron chi connectivity index (χ0n) is 9.12. The van der Waals surface area contributed by atoms with Crippen molar-refractivity contribution < 1.29 is 14.6 Å². The van der Waals surface area contributed by atoms with Crippen molar-refractivity contribution in [3.63, 3.8) is 0 Å². The van der Waals surface area contributed by atoms with E-state index in [4.69, 9.17) is 9.84 Å². The summed E-state index contributed by atoms with van der Waals surface area (Å²) in [6.07, 6.45) is 1.04. The van der Waals surface area contributed by atoms with Crippen molar-refractivity contribution in [1.29, 1.82) is 0 Å². The molecule has 0 aliphatic rings. The van der Waals surface area contributed by atoms with Crippen molar-refractivity contribution in [2.45, 2.75) is 26.7 Å². The highest BCUT2D eigenvalue weighted by Crippen LogP contribution is 2.17. The number of hydrogen-bond donors (Lipinski definition) is 1. The zero-order chi connectivity index (χ0) is 11.3. The number of aliphatic carboxylic acids is 1.